The molecule has 40 heavy (non-hydrogen) atoms. The lowest BCUT2D eigenvalue weighted by Gasteiger charge is -2.32. The summed E-state index contributed by atoms with van der Waals surface area (Å²) < 4.78 is 41.6. The molecular formula is C29H39F3N8. The predicted molar refractivity (Wildman–Crippen MR) is 150 cm³/mol. The number of aromatic nitrogens is 4. The number of nitrogens with one attached hydrogen (secondary N) is 2. The van der Waals surface area contributed by atoms with Crippen molar-refractivity contribution >= 4 is 22.9 Å². The first-order chi connectivity index (χ1) is 19.3. The Morgan fingerprint density at radius 3 is 2.42 bits per heavy atom. The smallest absolute Gasteiger partial charge is 0.351 e. The second-order valence-corrected chi connectivity index (χ2v) is 11.9. The number of rotatable bonds is 7. The average Bonchev–Trinajstić information content (AvgIpc) is 3.61. The standard InChI is InChI=1S/C29H39F3N8/c30-29(31,32)21-5-3-4-20(17-21)16-19-12-14-39(15-13-19)38-26-25-27(40(18-34-25)24-6-1-2-7-24)37-28(36-26)35-23-10-8-22(33)9-11-23/h3-5,17-19,22-24H,1-2,6-16,33H2,(H2,35,36,37,38). The summed E-state index contributed by atoms with van der Waals surface area (Å²) >= 11 is 0. The van der Waals surface area contributed by atoms with E-state index in [9.17, 15) is 13.2 Å². The molecule has 3 fully saturated rings. The molecule has 4 N–H and O–H groups in total. The summed E-state index contributed by atoms with van der Waals surface area (Å²) in [5.74, 6) is 1.66. The van der Waals surface area contributed by atoms with Gasteiger partial charge < -0.3 is 21.0 Å². The summed E-state index contributed by atoms with van der Waals surface area (Å²) in [4.78, 5) is 14.6. The molecule has 0 bridgehead atoms. The predicted octanol–water partition coefficient (Wildman–Crippen LogP) is 5.92. The van der Waals surface area contributed by atoms with Gasteiger partial charge in [0.25, 0.3) is 0 Å². The van der Waals surface area contributed by atoms with E-state index < -0.39 is 11.7 Å². The topological polar surface area (TPSA) is 96.9 Å². The molecule has 2 aromatic heterocycles. The number of nitrogens with zero attached hydrogens (tertiary/aromatic N) is 5. The van der Waals surface area contributed by atoms with Gasteiger partial charge in [0.2, 0.25) is 5.95 Å². The largest absolute Gasteiger partial charge is 0.416 e. The maximum absolute atomic E-state index is 13.1. The number of halogens is 3. The number of benzene rings is 1. The average molecular weight is 557 g/mol. The first kappa shape index (κ1) is 27.3. The van der Waals surface area contributed by atoms with Gasteiger partial charge in [-0.2, -0.15) is 23.1 Å². The summed E-state index contributed by atoms with van der Waals surface area (Å²) in [6, 6.07) is 6.73. The summed E-state index contributed by atoms with van der Waals surface area (Å²) in [5, 5.41) is 5.73. The van der Waals surface area contributed by atoms with Crippen molar-refractivity contribution in [3.63, 3.8) is 0 Å². The van der Waals surface area contributed by atoms with Crippen LogP contribution in [0, 0.1) is 5.92 Å². The molecule has 11 heteroatoms. The zero-order chi connectivity index (χ0) is 27.7. The molecule has 0 unspecified atom stereocenters. The number of hydrazine groups is 1. The zero-order valence-corrected chi connectivity index (χ0v) is 22.8. The van der Waals surface area contributed by atoms with Crippen molar-refractivity contribution in [1.82, 2.24) is 24.5 Å². The van der Waals surface area contributed by atoms with E-state index in [4.69, 9.17) is 20.7 Å². The van der Waals surface area contributed by atoms with Crippen molar-refractivity contribution in [1.29, 1.82) is 0 Å². The fourth-order valence-corrected chi connectivity index (χ4v) is 6.56. The van der Waals surface area contributed by atoms with E-state index in [0.29, 0.717) is 36.2 Å². The molecule has 0 amide bonds. The maximum atomic E-state index is 13.1. The SMILES string of the molecule is NC1CCC(Nc2nc(NN3CCC(Cc4cccc(C(F)(F)F)c4)CC3)c3ncn(C4CCCC4)c3n2)CC1. The van der Waals surface area contributed by atoms with E-state index in [1.54, 1.807) is 6.07 Å². The van der Waals surface area contributed by atoms with Crippen LogP contribution in [-0.2, 0) is 12.6 Å². The Balaban J connectivity index is 1.15. The van der Waals surface area contributed by atoms with Crippen LogP contribution in [0.1, 0.15) is 81.4 Å². The first-order valence-corrected chi connectivity index (χ1v) is 14.8. The molecule has 1 saturated heterocycles. The summed E-state index contributed by atoms with van der Waals surface area (Å²) in [7, 11) is 0. The minimum absolute atomic E-state index is 0.277. The number of piperidine rings is 1. The van der Waals surface area contributed by atoms with E-state index in [1.807, 2.05) is 6.33 Å². The highest BCUT2D eigenvalue weighted by Crippen LogP contribution is 2.34. The van der Waals surface area contributed by atoms with Crippen LogP contribution < -0.4 is 16.5 Å². The Hall–Kier alpha value is -2.92. The van der Waals surface area contributed by atoms with Gasteiger partial charge in [-0.1, -0.05) is 31.0 Å². The molecule has 3 aromatic rings. The normalized spacial score (nSPS) is 23.6. The second kappa shape index (κ2) is 11.5. The number of hydrogen-bond acceptors (Lipinski definition) is 7. The van der Waals surface area contributed by atoms with Crippen LogP contribution in [0.5, 0.6) is 0 Å². The summed E-state index contributed by atoms with van der Waals surface area (Å²) in [6.07, 6.45) is 8.78. The molecule has 0 atom stereocenters. The Bertz CT molecular complexity index is 1290. The van der Waals surface area contributed by atoms with Gasteiger partial charge in [0.15, 0.2) is 17.0 Å². The summed E-state index contributed by atoms with van der Waals surface area (Å²) in [5.41, 5.74) is 11.4. The lowest BCUT2D eigenvalue weighted by molar-refractivity contribution is -0.137. The van der Waals surface area contributed by atoms with Crippen molar-refractivity contribution < 1.29 is 13.2 Å². The van der Waals surface area contributed by atoms with E-state index in [0.717, 1.165) is 87.2 Å². The third kappa shape index (κ3) is 6.20. The van der Waals surface area contributed by atoms with Crippen LogP contribution in [-0.4, -0.2) is 49.7 Å². The van der Waals surface area contributed by atoms with E-state index in [1.165, 1.54) is 25.0 Å². The fraction of sp³-hybridized carbons (Fsp3) is 0.621. The Morgan fingerprint density at radius 2 is 1.70 bits per heavy atom. The molecular weight excluding hydrogens is 517 g/mol. The lowest BCUT2D eigenvalue weighted by atomic mass is 9.90. The van der Waals surface area contributed by atoms with E-state index in [2.05, 4.69) is 20.3 Å². The number of fused-ring (bicyclic) bond motifs is 1. The highest BCUT2D eigenvalue weighted by molar-refractivity contribution is 5.84. The quantitative estimate of drug-likeness (QED) is 0.332. The van der Waals surface area contributed by atoms with Crippen LogP contribution in [0.4, 0.5) is 24.9 Å². The molecule has 0 radical (unpaired) electrons. The van der Waals surface area contributed by atoms with Gasteiger partial charge in [-0.3, -0.25) is 0 Å². The Morgan fingerprint density at radius 1 is 0.950 bits per heavy atom. The lowest BCUT2D eigenvalue weighted by Crippen LogP contribution is -2.39. The third-order valence-electron chi connectivity index (χ3n) is 8.90. The highest BCUT2D eigenvalue weighted by Gasteiger charge is 2.31. The van der Waals surface area contributed by atoms with E-state index in [-0.39, 0.29) is 6.04 Å². The van der Waals surface area contributed by atoms with Crippen LogP contribution >= 0.6 is 0 Å². The van der Waals surface area contributed by atoms with Crippen molar-refractivity contribution in [3.8, 4) is 0 Å². The molecule has 216 valence electrons. The van der Waals surface area contributed by atoms with Gasteiger partial charge in [0, 0.05) is 31.2 Å². The third-order valence-corrected chi connectivity index (χ3v) is 8.90. The number of imidazole rings is 1. The number of hydrogen-bond donors (Lipinski definition) is 3. The number of nitrogens with two attached hydrogens (primary N) is 1. The number of anilines is 2. The minimum atomic E-state index is -4.31. The number of alkyl halides is 3. The molecule has 3 heterocycles. The van der Waals surface area contributed by atoms with Crippen molar-refractivity contribution in [3.05, 3.63) is 41.7 Å². The van der Waals surface area contributed by atoms with Crippen LogP contribution in [0.3, 0.4) is 0 Å². The van der Waals surface area contributed by atoms with Crippen molar-refractivity contribution in [2.45, 2.75) is 94.9 Å². The van der Waals surface area contributed by atoms with E-state index >= 15 is 0 Å². The highest BCUT2D eigenvalue weighted by atomic mass is 19.4. The monoisotopic (exact) mass is 556 g/mol. The van der Waals surface area contributed by atoms with Crippen molar-refractivity contribution in [2.75, 3.05) is 23.8 Å². The first-order valence-electron chi connectivity index (χ1n) is 14.8. The zero-order valence-electron chi connectivity index (χ0n) is 22.8. The van der Waals surface area contributed by atoms with Gasteiger partial charge in [-0.05, 0) is 75.3 Å². The second-order valence-electron chi connectivity index (χ2n) is 11.9. The Labute approximate surface area is 232 Å². The minimum Gasteiger partial charge on any atom is -0.351 e. The fourth-order valence-electron chi connectivity index (χ4n) is 6.56. The molecule has 2 saturated carbocycles. The summed E-state index contributed by atoms with van der Waals surface area (Å²) in [6.45, 7) is 1.56. The molecule has 0 spiro atoms. The van der Waals surface area contributed by atoms with Crippen molar-refractivity contribution in [2.24, 2.45) is 11.7 Å². The van der Waals surface area contributed by atoms with Gasteiger partial charge in [-0.15, -0.1) is 0 Å². The maximum Gasteiger partial charge on any atom is 0.416 e. The Kier molecular flexibility index (Phi) is 7.85. The molecule has 8 nitrogen and oxygen atoms in total. The van der Waals surface area contributed by atoms with Gasteiger partial charge in [0.1, 0.15) is 0 Å². The van der Waals surface area contributed by atoms with Crippen LogP contribution in [0.2, 0.25) is 0 Å². The molecule has 1 aliphatic heterocycles. The molecule has 2 aliphatic carbocycles. The molecule has 3 aliphatic rings. The molecule has 6 rings (SSSR count). The van der Waals surface area contributed by atoms with Crippen LogP contribution in [0.25, 0.3) is 11.2 Å². The van der Waals surface area contributed by atoms with Gasteiger partial charge in [0.05, 0.1) is 11.9 Å². The van der Waals surface area contributed by atoms with Crippen LogP contribution in [0.15, 0.2) is 30.6 Å². The van der Waals surface area contributed by atoms with Gasteiger partial charge in [-0.25, -0.2) is 9.99 Å². The molecule has 1 aromatic carbocycles. The van der Waals surface area contributed by atoms with Gasteiger partial charge >= 0.3 is 6.18 Å².